The standard InChI is InChI=1S/C28H33N5O2/c1-4-21-7-5-8-22(15-21)31-27-23-16-26(25(34-3)17-24(23)29-20-30-27)35-14-6-11-33-13-10-28(19-33)9-12-32(2)18-28/h1,5,7-8,15-17,20H,6,9-14,18-19H2,2-3H3,(H,29,30,31). The minimum Gasteiger partial charge on any atom is -0.493 e. The Labute approximate surface area is 207 Å². The van der Waals surface area contributed by atoms with Gasteiger partial charge in [0.15, 0.2) is 11.5 Å². The molecule has 2 aliphatic heterocycles. The number of anilines is 2. The van der Waals surface area contributed by atoms with Crippen LogP contribution >= 0.6 is 0 Å². The lowest BCUT2D eigenvalue weighted by Crippen LogP contribution is -2.30. The molecule has 2 aromatic carbocycles. The van der Waals surface area contributed by atoms with E-state index in [1.165, 1.54) is 39.0 Å². The van der Waals surface area contributed by atoms with E-state index >= 15 is 0 Å². The van der Waals surface area contributed by atoms with Gasteiger partial charge in [0.1, 0.15) is 12.1 Å². The topological polar surface area (TPSA) is 62.8 Å². The minimum atomic E-state index is 0.514. The Hall–Kier alpha value is -3.34. The first-order valence-corrected chi connectivity index (χ1v) is 12.3. The zero-order chi connectivity index (χ0) is 24.3. The van der Waals surface area contributed by atoms with Gasteiger partial charge in [-0.05, 0) is 69.1 Å². The molecule has 1 atom stereocenters. The van der Waals surface area contributed by atoms with E-state index in [4.69, 9.17) is 15.9 Å². The molecule has 5 rings (SSSR count). The predicted octanol–water partition coefficient (Wildman–Crippen LogP) is 4.16. The molecular weight excluding hydrogens is 438 g/mol. The van der Waals surface area contributed by atoms with E-state index in [1.807, 2.05) is 36.4 Å². The first-order valence-electron chi connectivity index (χ1n) is 12.3. The van der Waals surface area contributed by atoms with Crippen molar-refractivity contribution < 1.29 is 9.47 Å². The van der Waals surface area contributed by atoms with Gasteiger partial charge in [0, 0.05) is 42.3 Å². The molecule has 2 aliphatic rings. The molecule has 2 saturated heterocycles. The van der Waals surface area contributed by atoms with Gasteiger partial charge in [0.05, 0.1) is 19.2 Å². The van der Waals surface area contributed by atoms with Gasteiger partial charge in [-0.3, -0.25) is 0 Å². The molecule has 182 valence electrons. The fraction of sp³-hybridized carbons (Fsp3) is 0.429. The van der Waals surface area contributed by atoms with Crippen LogP contribution in [-0.2, 0) is 0 Å². The molecule has 7 nitrogen and oxygen atoms in total. The van der Waals surface area contributed by atoms with E-state index in [9.17, 15) is 0 Å². The smallest absolute Gasteiger partial charge is 0.162 e. The maximum absolute atomic E-state index is 6.20. The Morgan fingerprint density at radius 2 is 2.00 bits per heavy atom. The number of hydrogen-bond acceptors (Lipinski definition) is 7. The second-order valence-electron chi connectivity index (χ2n) is 9.81. The molecular formula is C28H33N5O2. The third kappa shape index (κ3) is 5.19. The van der Waals surface area contributed by atoms with Crippen molar-refractivity contribution in [1.29, 1.82) is 0 Å². The van der Waals surface area contributed by atoms with Crippen LogP contribution in [0.2, 0.25) is 0 Å². The van der Waals surface area contributed by atoms with Gasteiger partial charge in [-0.15, -0.1) is 6.42 Å². The van der Waals surface area contributed by atoms with Crippen LogP contribution < -0.4 is 14.8 Å². The monoisotopic (exact) mass is 471 g/mol. The van der Waals surface area contributed by atoms with Gasteiger partial charge in [-0.25, -0.2) is 9.97 Å². The van der Waals surface area contributed by atoms with Crippen LogP contribution in [0.4, 0.5) is 11.5 Å². The van der Waals surface area contributed by atoms with Crippen LogP contribution in [0.3, 0.4) is 0 Å². The van der Waals surface area contributed by atoms with E-state index < -0.39 is 0 Å². The number of benzene rings is 2. The molecule has 1 unspecified atom stereocenters. The van der Waals surface area contributed by atoms with Crippen molar-refractivity contribution in [3.8, 4) is 23.8 Å². The fourth-order valence-corrected chi connectivity index (χ4v) is 5.44. The van der Waals surface area contributed by atoms with Gasteiger partial charge in [0.25, 0.3) is 0 Å². The SMILES string of the molecule is C#Cc1cccc(Nc2ncnc3cc(OC)c(OCCCN4CCC5(CCN(C)C5)C4)cc23)c1. The lowest BCUT2D eigenvalue weighted by molar-refractivity contribution is 0.229. The Morgan fingerprint density at radius 1 is 1.11 bits per heavy atom. The minimum absolute atomic E-state index is 0.514. The molecule has 1 aromatic heterocycles. The molecule has 0 radical (unpaired) electrons. The third-order valence-electron chi connectivity index (χ3n) is 7.24. The Kier molecular flexibility index (Phi) is 6.76. The Bertz CT molecular complexity index is 1240. The van der Waals surface area contributed by atoms with Crippen LogP contribution in [-0.4, -0.2) is 73.3 Å². The largest absolute Gasteiger partial charge is 0.493 e. The highest BCUT2D eigenvalue weighted by atomic mass is 16.5. The van der Waals surface area contributed by atoms with Crippen LogP contribution in [0, 0.1) is 17.8 Å². The van der Waals surface area contributed by atoms with E-state index in [0.717, 1.165) is 35.1 Å². The number of fused-ring (bicyclic) bond motifs is 1. The Balaban J connectivity index is 1.25. The Morgan fingerprint density at radius 3 is 2.80 bits per heavy atom. The lowest BCUT2D eigenvalue weighted by Gasteiger charge is -2.24. The summed E-state index contributed by atoms with van der Waals surface area (Å²) >= 11 is 0. The second-order valence-corrected chi connectivity index (χ2v) is 9.81. The summed E-state index contributed by atoms with van der Waals surface area (Å²) in [5, 5.41) is 4.23. The van der Waals surface area contributed by atoms with Crippen molar-refractivity contribution in [2.75, 3.05) is 58.8 Å². The summed E-state index contributed by atoms with van der Waals surface area (Å²) in [4.78, 5) is 14.0. The highest BCUT2D eigenvalue weighted by Gasteiger charge is 2.41. The number of methoxy groups -OCH3 is 1. The highest BCUT2D eigenvalue weighted by molar-refractivity contribution is 5.93. The van der Waals surface area contributed by atoms with E-state index in [-0.39, 0.29) is 0 Å². The molecule has 0 bridgehead atoms. The maximum Gasteiger partial charge on any atom is 0.162 e. The number of aromatic nitrogens is 2. The molecule has 3 aromatic rings. The molecule has 35 heavy (non-hydrogen) atoms. The van der Waals surface area contributed by atoms with E-state index in [1.54, 1.807) is 13.4 Å². The van der Waals surface area contributed by atoms with E-state index in [2.05, 4.69) is 38.1 Å². The first kappa shape index (κ1) is 23.4. The molecule has 0 amide bonds. The number of nitrogens with one attached hydrogen (secondary N) is 1. The first-order chi connectivity index (χ1) is 17.1. The summed E-state index contributed by atoms with van der Waals surface area (Å²) in [7, 11) is 3.89. The van der Waals surface area contributed by atoms with Gasteiger partial charge < -0.3 is 24.6 Å². The van der Waals surface area contributed by atoms with Crippen LogP contribution in [0.25, 0.3) is 10.9 Å². The van der Waals surface area contributed by atoms with Gasteiger partial charge in [-0.1, -0.05) is 12.0 Å². The zero-order valence-corrected chi connectivity index (χ0v) is 20.6. The van der Waals surface area contributed by atoms with Gasteiger partial charge in [-0.2, -0.15) is 0 Å². The number of nitrogens with zero attached hydrogens (tertiary/aromatic N) is 4. The number of rotatable bonds is 8. The normalized spacial score (nSPS) is 20.4. The highest BCUT2D eigenvalue weighted by Crippen LogP contribution is 2.39. The predicted molar refractivity (Wildman–Crippen MR) is 139 cm³/mol. The van der Waals surface area contributed by atoms with Crippen molar-refractivity contribution in [3.63, 3.8) is 0 Å². The second kappa shape index (κ2) is 10.1. The average molecular weight is 472 g/mol. The van der Waals surface area contributed by atoms with Crippen molar-refractivity contribution in [3.05, 3.63) is 48.3 Å². The fourth-order valence-electron chi connectivity index (χ4n) is 5.44. The number of terminal acetylenes is 1. The molecule has 1 spiro atoms. The summed E-state index contributed by atoms with van der Waals surface area (Å²) in [5.41, 5.74) is 2.97. The summed E-state index contributed by atoms with van der Waals surface area (Å²) in [5.74, 6) is 4.73. The number of ether oxygens (including phenoxy) is 2. The average Bonchev–Trinajstić information content (AvgIpc) is 3.45. The number of likely N-dealkylation sites (tertiary alicyclic amines) is 2. The molecule has 2 fully saturated rings. The van der Waals surface area contributed by atoms with E-state index in [0.29, 0.717) is 29.3 Å². The maximum atomic E-state index is 6.20. The molecule has 3 heterocycles. The van der Waals surface area contributed by atoms with Gasteiger partial charge in [0.2, 0.25) is 0 Å². The summed E-state index contributed by atoms with van der Waals surface area (Å²) < 4.78 is 11.8. The van der Waals surface area contributed by atoms with Crippen LogP contribution in [0.15, 0.2) is 42.7 Å². The van der Waals surface area contributed by atoms with Crippen molar-refractivity contribution >= 4 is 22.4 Å². The quantitative estimate of drug-likeness (QED) is 0.391. The molecule has 7 heteroatoms. The van der Waals surface area contributed by atoms with Crippen molar-refractivity contribution in [1.82, 2.24) is 19.8 Å². The third-order valence-corrected chi connectivity index (χ3v) is 7.24. The molecule has 0 saturated carbocycles. The van der Waals surface area contributed by atoms with Gasteiger partial charge >= 0.3 is 0 Å². The number of hydrogen-bond donors (Lipinski definition) is 1. The van der Waals surface area contributed by atoms with Crippen LogP contribution in [0.5, 0.6) is 11.5 Å². The molecule has 1 N–H and O–H groups in total. The zero-order valence-electron chi connectivity index (χ0n) is 20.6. The summed E-state index contributed by atoms with van der Waals surface area (Å²) in [6, 6.07) is 11.6. The van der Waals surface area contributed by atoms with Crippen LogP contribution in [0.1, 0.15) is 24.8 Å². The summed E-state index contributed by atoms with van der Waals surface area (Å²) in [6.07, 6.45) is 10.7. The van der Waals surface area contributed by atoms with Crippen molar-refractivity contribution in [2.45, 2.75) is 19.3 Å². The lowest BCUT2D eigenvalue weighted by atomic mass is 9.86. The van der Waals surface area contributed by atoms with Crippen molar-refractivity contribution in [2.24, 2.45) is 5.41 Å². The molecule has 0 aliphatic carbocycles. The summed E-state index contributed by atoms with van der Waals surface area (Å²) in [6.45, 7) is 6.56.